The van der Waals surface area contributed by atoms with E-state index in [0.29, 0.717) is 5.56 Å². The molecule has 1 aliphatic rings. The number of hydrogen-bond donors (Lipinski definition) is 2. The molecule has 0 fully saturated rings. The van der Waals surface area contributed by atoms with Crippen LogP contribution in [0.2, 0.25) is 0 Å². The van der Waals surface area contributed by atoms with Gasteiger partial charge in [0.25, 0.3) is 0 Å². The lowest BCUT2D eigenvalue weighted by molar-refractivity contribution is -0.139. The van der Waals surface area contributed by atoms with E-state index in [2.05, 4.69) is 5.32 Å². The lowest BCUT2D eigenvalue weighted by Gasteiger charge is -2.35. The molecule has 8 heteroatoms. The molecule has 0 spiro atoms. The number of carboxylic acids is 1. The predicted octanol–water partition coefficient (Wildman–Crippen LogP) is 3.63. The van der Waals surface area contributed by atoms with Crippen LogP contribution < -0.4 is 10.2 Å². The Kier molecular flexibility index (Phi) is 5.63. The van der Waals surface area contributed by atoms with E-state index in [4.69, 9.17) is 4.74 Å². The van der Waals surface area contributed by atoms with E-state index in [1.807, 2.05) is 0 Å². The first-order chi connectivity index (χ1) is 13.8. The van der Waals surface area contributed by atoms with E-state index in [1.165, 1.54) is 41.3 Å². The molecule has 0 aliphatic carbocycles. The smallest absolute Gasteiger partial charge is 0.338 e. The molecule has 0 bridgehead atoms. The fraction of sp³-hybridized carbons (Fsp3) is 0.190. The number of carbonyl (C=O) groups excluding carboxylic acids is 2. The summed E-state index contributed by atoms with van der Waals surface area (Å²) in [7, 11) is 0. The van der Waals surface area contributed by atoms with Crippen molar-refractivity contribution in [3.05, 3.63) is 76.7 Å². The number of esters is 1. The maximum Gasteiger partial charge on any atom is 0.338 e. The minimum absolute atomic E-state index is 0.00645. The summed E-state index contributed by atoms with van der Waals surface area (Å²) in [6, 6.07) is 9.88. The van der Waals surface area contributed by atoms with Crippen molar-refractivity contribution < 1.29 is 28.6 Å². The van der Waals surface area contributed by atoms with Crippen LogP contribution in [-0.2, 0) is 9.53 Å². The second-order valence-electron chi connectivity index (χ2n) is 6.35. The van der Waals surface area contributed by atoms with Gasteiger partial charge in [0.1, 0.15) is 5.82 Å². The van der Waals surface area contributed by atoms with Gasteiger partial charge in [0.15, 0.2) is 0 Å². The van der Waals surface area contributed by atoms with Crippen molar-refractivity contribution >= 4 is 23.7 Å². The molecule has 150 valence electrons. The predicted molar refractivity (Wildman–Crippen MR) is 103 cm³/mol. The van der Waals surface area contributed by atoms with Crippen molar-refractivity contribution in [2.24, 2.45) is 0 Å². The molecule has 1 atom stereocenters. The summed E-state index contributed by atoms with van der Waals surface area (Å²) in [4.78, 5) is 38.0. The maximum absolute atomic E-state index is 13.7. The van der Waals surface area contributed by atoms with Gasteiger partial charge < -0.3 is 15.2 Å². The average Bonchev–Trinajstić information content (AvgIpc) is 2.68. The second kappa shape index (κ2) is 8.14. The summed E-state index contributed by atoms with van der Waals surface area (Å²) < 4.78 is 18.9. The topological polar surface area (TPSA) is 95.9 Å². The number of aromatic carboxylic acids is 1. The van der Waals surface area contributed by atoms with Crippen LogP contribution in [-0.4, -0.2) is 29.7 Å². The number of benzene rings is 2. The molecule has 0 unspecified atom stereocenters. The number of hydrogen-bond acceptors (Lipinski definition) is 4. The minimum Gasteiger partial charge on any atom is -0.478 e. The molecule has 0 radical (unpaired) electrons. The van der Waals surface area contributed by atoms with Gasteiger partial charge in [-0.3, -0.25) is 4.90 Å². The van der Waals surface area contributed by atoms with Gasteiger partial charge in [0, 0.05) is 5.70 Å². The average molecular weight is 398 g/mol. The van der Waals surface area contributed by atoms with Crippen LogP contribution in [0.3, 0.4) is 0 Å². The van der Waals surface area contributed by atoms with E-state index in [0.717, 1.165) is 0 Å². The highest BCUT2D eigenvalue weighted by Crippen LogP contribution is 2.34. The molecule has 3 rings (SSSR count). The number of nitrogens with zero attached hydrogens (tertiary/aromatic N) is 1. The number of rotatable bonds is 5. The Balaban J connectivity index is 2.15. The lowest BCUT2D eigenvalue weighted by atomic mass is 9.94. The van der Waals surface area contributed by atoms with Crippen molar-refractivity contribution in [1.29, 1.82) is 0 Å². The molecule has 2 aromatic carbocycles. The molecule has 2 amide bonds. The summed E-state index contributed by atoms with van der Waals surface area (Å²) in [5.74, 6) is -2.30. The second-order valence-corrected chi connectivity index (χ2v) is 6.35. The Morgan fingerprint density at radius 2 is 1.93 bits per heavy atom. The fourth-order valence-electron chi connectivity index (χ4n) is 3.24. The highest BCUT2D eigenvalue weighted by atomic mass is 19.1. The molecule has 1 heterocycles. The normalized spacial score (nSPS) is 16.4. The van der Waals surface area contributed by atoms with Gasteiger partial charge >= 0.3 is 18.0 Å². The van der Waals surface area contributed by atoms with Crippen LogP contribution in [0.4, 0.5) is 14.9 Å². The van der Waals surface area contributed by atoms with E-state index in [9.17, 15) is 23.9 Å². The Labute approximate surface area is 166 Å². The standard InChI is InChI=1S/C21H19FN2O5/c1-3-29-20(27)17-12(2)24(16-9-5-7-14(11-16)19(25)26)21(28)23-18(17)13-6-4-8-15(22)10-13/h4-11,18H,3H2,1-2H3,(H,23,28)(H,25,26)/t18-/m0/s1. The van der Waals surface area contributed by atoms with E-state index in [1.54, 1.807) is 26.0 Å². The van der Waals surface area contributed by atoms with Crippen LogP contribution >= 0.6 is 0 Å². The molecule has 2 N–H and O–H groups in total. The number of halogens is 1. The van der Waals surface area contributed by atoms with Gasteiger partial charge in [-0.2, -0.15) is 0 Å². The number of ether oxygens (including phenoxy) is 1. The van der Waals surface area contributed by atoms with Crippen molar-refractivity contribution in [2.45, 2.75) is 19.9 Å². The van der Waals surface area contributed by atoms with Crippen LogP contribution in [0.25, 0.3) is 0 Å². The first-order valence-electron chi connectivity index (χ1n) is 8.90. The van der Waals surface area contributed by atoms with Crippen molar-refractivity contribution in [2.75, 3.05) is 11.5 Å². The van der Waals surface area contributed by atoms with Crippen molar-refractivity contribution in [3.8, 4) is 0 Å². The number of carbonyl (C=O) groups is 3. The monoisotopic (exact) mass is 398 g/mol. The highest BCUT2D eigenvalue weighted by Gasteiger charge is 2.37. The minimum atomic E-state index is -1.14. The zero-order valence-electron chi connectivity index (χ0n) is 15.8. The van der Waals surface area contributed by atoms with Gasteiger partial charge in [-0.25, -0.2) is 18.8 Å². The third-order valence-corrected chi connectivity index (χ3v) is 4.51. The first kappa shape index (κ1) is 20.1. The quantitative estimate of drug-likeness (QED) is 0.750. The Morgan fingerprint density at radius 3 is 2.59 bits per heavy atom. The van der Waals surface area contributed by atoms with Crippen LogP contribution in [0, 0.1) is 5.82 Å². The molecule has 0 saturated heterocycles. The Morgan fingerprint density at radius 1 is 1.21 bits per heavy atom. The number of allylic oxidation sites excluding steroid dienone is 1. The number of anilines is 1. The Bertz CT molecular complexity index is 1020. The third-order valence-electron chi connectivity index (χ3n) is 4.51. The van der Waals surface area contributed by atoms with Crippen LogP contribution in [0.15, 0.2) is 59.8 Å². The van der Waals surface area contributed by atoms with Gasteiger partial charge in [0.2, 0.25) is 0 Å². The van der Waals surface area contributed by atoms with Crippen molar-refractivity contribution in [1.82, 2.24) is 5.32 Å². The summed E-state index contributed by atoms with van der Waals surface area (Å²) in [5, 5.41) is 11.9. The molecule has 7 nitrogen and oxygen atoms in total. The van der Waals surface area contributed by atoms with Gasteiger partial charge in [-0.15, -0.1) is 0 Å². The molecular formula is C21H19FN2O5. The number of carboxylic acid groups (broad SMARTS) is 1. The lowest BCUT2D eigenvalue weighted by Crippen LogP contribution is -2.48. The summed E-state index contributed by atoms with van der Waals surface area (Å²) in [6.45, 7) is 3.33. The summed E-state index contributed by atoms with van der Waals surface area (Å²) in [5.41, 5.74) is 1.06. The first-order valence-corrected chi connectivity index (χ1v) is 8.90. The fourth-order valence-corrected chi connectivity index (χ4v) is 3.24. The highest BCUT2D eigenvalue weighted by molar-refractivity contribution is 6.03. The molecule has 0 saturated carbocycles. The van der Waals surface area contributed by atoms with Crippen LogP contribution in [0.1, 0.15) is 35.8 Å². The number of amides is 2. The van der Waals surface area contributed by atoms with Gasteiger partial charge in [-0.05, 0) is 49.7 Å². The van der Waals surface area contributed by atoms with Crippen LogP contribution in [0.5, 0.6) is 0 Å². The SMILES string of the molecule is CCOC(=O)C1=C(C)N(c2cccc(C(=O)O)c2)C(=O)N[C@H]1c1cccc(F)c1. The third kappa shape index (κ3) is 3.96. The molecule has 29 heavy (non-hydrogen) atoms. The van der Waals surface area contributed by atoms with E-state index in [-0.39, 0.29) is 29.1 Å². The molecular weight excluding hydrogens is 379 g/mol. The largest absolute Gasteiger partial charge is 0.478 e. The zero-order chi connectivity index (χ0) is 21.1. The van der Waals surface area contributed by atoms with Crippen molar-refractivity contribution in [3.63, 3.8) is 0 Å². The zero-order valence-corrected chi connectivity index (χ0v) is 15.8. The molecule has 1 aliphatic heterocycles. The van der Waals surface area contributed by atoms with Gasteiger partial charge in [0.05, 0.1) is 29.5 Å². The summed E-state index contributed by atoms with van der Waals surface area (Å²) >= 11 is 0. The van der Waals surface area contributed by atoms with E-state index >= 15 is 0 Å². The number of urea groups is 1. The molecule has 2 aromatic rings. The Hall–Kier alpha value is -3.68. The number of nitrogens with one attached hydrogen (secondary N) is 1. The summed E-state index contributed by atoms with van der Waals surface area (Å²) in [6.07, 6.45) is 0. The molecule has 0 aromatic heterocycles. The maximum atomic E-state index is 13.7. The van der Waals surface area contributed by atoms with E-state index < -0.39 is 29.8 Å². The van der Waals surface area contributed by atoms with Gasteiger partial charge in [-0.1, -0.05) is 18.2 Å².